The zero-order valence-electron chi connectivity index (χ0n) is 27.2. The van der Waals surface area contributed by atoms with Crippen LogP contribution in [0.3, 0.4) is 0 Å². The molecule has 0 aromatic carbocycles. The first-order valence-corrected chi connectivity index (χ1v) is 16.1. The zero-order chi connectivity index (χ0) is 35.9. The predicted octanol–water partition coefficient (Wildman–Crippen LogP) is -3.14. The molecule has 3 aliphatic heterocycles. The summed E-state index contributed by atoms with van der Waals surface area (Å²) < 4.78 is 22.9. The molecule has 0 aromatic heterocycles. The third-order valence-corrected chi connectivity index (χ3v) is 9.01. The van der Waals surface area contributed by atoms with Crippen LogP contribution < -0.4 is 16.0 Å². The first-order chi connectivity index (χ1) is 23.4. The van der Waals surface area contributed by atoms with Crippen molar-refractivity contribution in [3.8, 4) is 0 Å². The van der Waals surface area contributed by atoms with Crippen molar-refractivity contribution in [2.24, 2.45) is 22.6 Å². The summed E-state index contributed by atoms with van der Waals surface area (Å²) >= 11 is 0. The van der Waals surface area contributed by atoms with Crippen molar-refractivity contribution in [3.05, 3.63) is 59.7 Å². The van der Waals surface area contributed by atoms with E-state index < -0.39 is 67.1 Å². The molecule has 1 saturated carbocycles. The maximum atomic E-state index is 13.6. The van der Waals surface area contributed by atoms with E-state index in [4.69, 9.17) is 24.7 Å². The van der Waals surface area contributed by atoms with Crippen molar-refractivity contribution in [1.82, 2.24) is 5.32 Å². The van der Waals surface area contributed by atoms with Gasteiger partial charge in [0.2, 0.25) is 12.1 Å². The number of aliphatic imine (C=N–C) groups is 1. The summed E-state index contributed by atoms with van der Waals surface area (Å²) in [6, 6.07) is 0. The van der Waals surface area contributed by atoms with Crippen LogP contribution in [0.5, 0.6) is 0 Å². The molecular weight excluding hydrogens is 648 g/mol. The lowest BCUT2D eigenvalue weighted by atomic mass is 9.83. The van der Waals surface area contributed by atoms with Crippen LogP contribution in [0.25, 0.3) is 0 Å². The van der Waals surface area contributed by atoms with Crippen molar-refractivity contribution >= 4 is 17.9 Å². The van der Waals surface area contributed by atoms with Crippen molar-refractivity contribution in [1.29, 1.82) is 0 Å². The highest BCUT2D eigenvalue weighted by Crippen LogP contribution is 2.38. The van der Waals surface area contributed by atoms with Crippen LogP contribution in [0.2, 0.25) is 0 Å². The fourth-order valence-corrected chi connectivity index (χ4v) is 6.24. The topological polar surface area (TPSA) is 268 Å². The highest BCUT2D eigenvalue weighted by atomic mass is 16.8. The molecule has 4 aliphatic rings. The fourth-order valence-electron chi connectivity index (χ4n) is 6.24. The highest BCUT2D eigenvalue weighted by molar-refractivity contribution is 5.94. The first-order valence-electron chi connectivity index (χ1n) is 16.1. The van der Waals surface area contributed by atoms with E-state index in [-0.39, 0.29) is 48.6 Å². The van der Waals surface area contributed by atoms with Crippen LogP contribution in [0.1, 0.15) is 32.1 Å². The van der Waals surface area contributed by atoms with Gasteiger partial charge in [0.05, 0.1) is 36.7 Å². The Morgan fingerprint density at radius 1 is 1.18 bits per heavy atom. The Hall–Kier alpha value is -3.65. The number of nitrogens with one attached hydrogen (secondary N) is 2. The van der Waals surface area contributed by atoms with Gasteiger partial charge in [-0.3, -0.25) is 4.99 Å². The average Bonchev–Trinajstić information content (AvgIpc) is 3.08. The maximum absolute atomic E-state index is 13.6. The maximum Gasteiger partial charge on any atom is 0.343 e. The molecule has 0 bridgehead atoms. The largest absolute Gasteiger partial charge is 0.477 e. The van der Waals surface area contributed by atoms with Crippen LogP contribution in [-0.4, -0.2) is 130 Å². The number of nitrogens with two attached hydrogens (primary N) is 1. The van der Waals surface area contributed by atoms with Gasteiger partial charge >= 0.3 is 11.9 Å². The average molecular weight is 696 g/mol. The molecule has 1 unspecified atom stereocenters. The summed E-state index contributed by atoms with van der Waals surface area (Å²) in [5.41, 5.74) is 6.46. The molecule has 2 fully saturated rings. The molecule has 8 atom stereocenters. The molecule has 49 heavy (non-hydrogen) atoms. The van der Waals surface area contributed by atoms with Gasteiger partial charge < -0.3 is 70.6 Å². The second-order valence-corrected chi connectivity index (χ2v) is 12.3. The van der Waals surface area contributed by atoms with Gasteiger partial charge in [0, 0.05) is 18.5 Å². The summed E-state index contributed by atoms with van der Waals surface area (Å²) in [6.45, 7) is 3.23. The van der Waals surface area contributed by atoms with Crippen LogP contribution in [0, 0.1) is 11.8 Å². The molecule has 0 amide bonds. The number of hydrogen-bond donors (Lipinski definition) is 10. The third kappa shape index (κ3) is 8.75. The number of nitrogens with zero attached hydrogens (tertiary/aromatic N) is 1. The van der Waals surface area contributed by atoms with Crippen LogP contribution in [0.4, 0.5) is 0 Å². The molecular formula is C32H47N4O13+. The van der Waals surface area contributed by atoms with Gasteiger partial charge in [-0.25, -0.2) is 9.59 Å². The van der Waals surface area contributed by atoms with E-state index in [1.54, 1.807) is 12.2 Å². The summed E-state index contributed by atoms with van der Waals surface area (Å²) in [4.78, 5) is 30.4. The summed E-state index contributed by atoms with van der Waals surface area (Å²) in [5, 5.41) is 73.6. The molecule has 17 nitrogen and oxygen atoms in total. The minimum absolute atomic E-state index is 0.0556. The SMILES string of the molecule is C=C[C@H]1[C@H](O[C@@H]2O[C@H](CO)[C@@H](O)C(O)(O)[C@H]2O)OC=C(C(=O)OC2CCCCC2)[C@H]1/C=C/C1=C(NC(N)=NC)C(C(=O)O)=C[NH+](CCO)C1. The Bertz CT molecular complexity index is 1370. The second kappa shape index (κ2) is 16.8. The third-order valence-electron chi connectivity index (χ3n) is 9.01. The number of quaternary nitrogens is 1. The fraction of sp³-hybridized carbons (Fsp3) is 0.594. The van der Waals surface area contributed by atoms with Gasteiger partial charge in [-0.15, -0.1) is 6.58 Å². The summed E-state index contributed by atoms with van der Waals surface area (Å²) in [7, 11) is 1.43. The smallest absolute Gasteiger partial charge is 0.343 e. The number of carboxylic acid groups (broad SMARTS) is 1. The van der Waals surface area contributed by atoms with Crippen LogP contribution >= 0.6 is 0 Å². The number of carboxylic acids is 1. The Morgan fingerprint density at radius 3 is 2.51 bits per heavy atom. The molecule has 0 aromatic rings. The molecule has 4 rings (SSSR count). The van der Waals surface area contributed by atoms with E-state index in [9.17, 15) is 45.3 Å². The second-order valence-electron chi connectivity index (χ2n) is 12.3. The van der Waals surface area contributed by atoms with Crippen molar-refractivity contribution in [2.75, 3.05) is 33.4 Å². The molecule has 272 valence electrons. The Labute approximate surface area is 282 Å². The number of aliphatic hydroxyl groups is 6. The minimum Gasteiger partial charge on any atom is -0.477 e. The Kier molecular flexibility index (Phi) is 13.1. The number of hydrogen-bond acceptors (Lipinski definition) is 13. The summed E-state index contributed by atoms with van der Waals surface area (Å²) in [6.07, 6.45) is 2.17. The highest BCUT2D eigenvalue weighted by Gasteiger charge is 2.56. The van der Waals surface area contributed by atoms with Crippen LogP contribution in [0.15, 0.2) is 64.7 Å². The summed E-state index contributed by atoms with van der Waals surface area (Å²) in [5.74, 6) is -6.90. The number of rotatable bonds is 12. The van der Waals surface area contributed by atoms with E-state index in [0.717, 1.165) is 25.5 Å². The number of ether oxygens (including phenoxy) is 4. The van der Waals surface area contributed by atoms with Gasteiger partial charge in [0.15, 0.2) is 18.4 Å². The molecule has 1 aliphatic carbocycles. The normalized spacial score (nSPS) is 32.6. The van der Waals surface area contributed by atoms with Gasteiger partial charge in [0.25, 0.3) is 0 Å². The lowest BCUT2D eigenvalue weighted by Crippen LogP contribution is -3.09. The number of guanidine groups is 1. The molecule has 0 spiro atoms. The van der Waals surface area contributed by atoms with Gasteiger partial charge in [-0.2, -0.15) is 0 Å². The number of aliphatic hydroxyl groups excluding tert-OH is 4. The lowest BCUT2D eigenvalue weighted by molar-refractivity contribution is -0.843. The minimum atomic E-state index is -3.11. The van der Waals surface area contributed by atoms with E-state index in [1.165, 1.54) is 19.3 Å². The molecule has 3 heterocycles. The quantitative estimate of drug-likeness (QED) is 0.0318. The van der Waals surface area contributed by atoms with E-state index in [1.807, 2.05) is 0 Å². The molecule has 17 heteroatoms. The number of esters is 1. The van der Waals surface area contributed by atoms with Crippen molar-refractivity contribution in [2.45, 2.75) is 74.9 Å². The lowest BCUT2D eigenvalue weighted by Gasteiger charge is -2.46. The number of carbonyl (C=O) groups excluding carboxylic acids is 1. The standard InChI is InChI=1S/C32H46N4O13/c1-3-19-20(10-9-17-13-36(11-12-37)14-21(27(41)42)24(17)35-31(33)34-2)22(28(43)47-18-7-5-4-6-8-18)16-46-29(19)49-30-26(40)32(44,45)25(39)23(15-38)48-30/h3,9-10,14,16,18-20,23,25-26,29-30,37-40,44-45H,1,4-8,11-13,15H2,2H3,(H,41,42)(H3,33,34,35)/p+1/b10-9+/t19-,20+,23-,25-,26+,29+,30+/m1/s1. The number of aliphatic carboxylic acids is 1. The van der Waals surface area contributed by atoms with E-state index >= 15 is 0 Å². The number of carbonyl (C=O) groups is 2. The Balaban J connectivity index is 1.73. The van der Waals surface area contributed by atoms with Crippen molar-refractivity contribution in [3.63, 3.8) is 0 Å². The van der Waals surface area contributed by atoms with Gasteiger partial charge in [-0.1, -0.05) is 24.6 Å². The van der Waals surface area contributed by atoms with Crippen LogP contribution in [-0.2, 0) is 28.5 Å². The van der Waals surface area contributed by atoms with E-state index in [0.29, 0.717) is 23.3 Å². The van der Waals surface area contributed by atoms with E-state index in [2.05, 4.69) is 16.9 Å². The first kappa shape index (κ1) is 38.2. The molecule has 1 saturated heterocycles. The molecule has 11 N–H and O–H groups in total. The Morgan fingerprint density at radius 2 is 1.90 bits per heavy atom. The van der Waals surface area contributed by atoms with Crippen molar-refractivity contribution < 1.29 is 69.2 Å². The monoisotopic (exact) mass is 695 g/mol. The molecule has 0 radical (unpaired) electrons. The zero-order valence-corrected chi connectivity index (χ0v) is 27.2. The predicted molar refractivity (Wildman–Crippen MR) is 169 cm³/mol. The van der Waals surface area contributed by atoms with Gasteiger partial charge in [-0.05, 0) is 25.7 Å². The van der Waals surface area contributed by atoms with Gasteiger partial charge in [0.1, 0.15) is 43.2 Å². The number of allylic oxidation sites excluding steroid dienone is 1.